The molecule has 0 bridgehead atoms. The number of benzene rings is 1. The van der Waals surface area contributed by atoms with Crippen molar-refractivity contribution < 1.29 is 4.74 Å². The van der Waals surface area contributed by atoms with Gasteiger partial charge >= 0.3 is 0 Å². The van der Waals surface area contributed by atoms with Crippen LogP contribution in [0.1, 0.15) is 18.5 Å². The summed E-state index contributed by atoms with van der Waals surface area (Å²) in [6, 6.07) is 9.34. The molecule has 0 spiro atoms. The lowest BCUT2D eigenvalue weighted by atomic mass is 10.0. The van der Waals surface area contributed by atoms with Crippen molar-refractivity contribution in [3.05, 3.63) is 23.8 Å². The molecule has 0 aliphatic carbocycles. The van der Waals surface area contributed by atoms with Crippen LogP contribution in [-0.4, -0.2) is 20.2 Å². The normalized spacial score (nSPS) is 11.2. The summed E-state index contributed by atoms with van der Waals surface area (Å²) in [5, 5.41) is 17.6. The SMILES string of the molecule is COc1cccc(N(CC#N)CC#N)c1[C@@H](C)N. The molecule has 94 valence electrons. The highest BCUT2D eigenvalue weighted by atomic mass is 16.5. The molecule has 5 nitrogen and oxygen atoms in total. The van der Waals surface area contributed by atoms with Crippen molar-refractivity contribution in [3.63, 3.8) is 0 Å². The molecular weight excluding hydrogens is 228 g/mol. The lowest BCUT2D eigenvalue weighted by Crippen LogP contribution is -2.26. The Morgan fingerprint density at radius 2 is 1.94 bits per heavy atom. The molecule has 1 aromatic carbocycles. The van der Waals surface area contributed by atoms with Crippen LogP contribution in [-0.2, 0) is 0 Å². The second-order valence-electron chi connectivity index (χ2n) is 3.85. The standard InChI is InChI=1S/C13H16N4O/c1-10(16)13-11(4-3-5-12(13)18-2)17(8-6-14)9-7-15/h3-5,10H,8-9,16H2,1-2H3/t10-/m1/s1. The molecule has 0 aromatic heterocycles. The van der Waals surface area contributed by atoms with Gasteiger partial charge in [-0.15, -0.1) is 0 Å². The highest BCUT2D eigenvalue weighted by Crippen LogP contribution is 2.33. The zero-order valence-corrected chi connectivity index (χ0v) is 10.6. The third kappa shape index (κ3) is 2.91. The van der Waals surface area contributed by atoms with Crippen LogP contribution in [0.3, 0.4) is 0 Å². The van der Waals surface area contributed by atoms with Crippen LogP contribution in [0.15, 0.2) is 18.2 Å². The van der Waals surface area contributed by atoms with Crippen molar-refractivity contribution in [2.45, 2.75) is 13.0 Å². The van der Waals surface area contributed by atoms with Crippen LogP contribution in [0.25, 0.3) is 0 Å². The average Bonchev–Trinajstić information content (AvgIpc) is 2.37. The van der Waals surface area contributed by atoms with Gasteiger partial charge in [-0.1, -0.05) is 6.07 Å². The van der Waals surface area contributed by atoms with E-state index in [9.17, 15) is 0 Å². The zero-order chi connectivity index (χ0) is 13.5. The minimum absolute atomic E-state index is 0.139. The van der Waals surface area contributed by atoms with Gasteiger partial charge < -0.3 is 15.4 Å². The summed E-state index contributed by atoms with van der Waals surface area (Å²) in [4.78, 5) is 1.68. The molecule has 1 atom stereocenters. The summed E-state index contributed by atoms with van der Waals surface area (Å²) in [6.07, 6.45) is 0. The minimum atomic E-state index is -0.240. The fraction of sp³-hybridized carbons (Fsp3) is 0.385. The topological polar surface area (TPSA) is 86.1 Å². The molecule has 5 heteroatoms. The van der Waals surface area contributed by atoms with Crippen LogP contribution in [0.2, 0.25) is 0 Å². The molecule has 0 fully saturated rings. The van der Waals surface area contributed by atoms with Gasteiger partial charge in [-0.3, -0.25) is 0 Å². The van der Waals surface area contributed by atoms with E-state index >= 15 is 0 Å². The maximum absolute atomic E-state index is 8.82. The molecule has 0 saturated heterocycles. The third-order valence-electron chi connectivity index (χ3n) is 2.58. The Kier molecular flexibility index (Phi) is 4.98. The van der Waals surface area contributed by atoms with Gasteiger partial charge in [0.25, 0.3) is 0 Å². The summed E-state index contributed by atoms with van der Waals surface area (Å²) in [7, 11) is 1.57. The first kappa shape index (κ1) is 13.8. The van der Waals surface area contributed by atoms with Gasteiger partial charge in [-0.2, -0.15) is 10.5 Å². The molecular formula is C13H16N4O. The molecule has 1 aromatic rings. The number of methoxy groups -OCH3 is 1. The highest BCUT2D eigenvalue weighted by molar-refractivity contribution is 5.61. The molecule has 0 saturated carbocycles. The molecule has 0 heterocycles. The second-order valence-corrected chi connectivity index (χ2v) is 3.85. The average molecular weight is 244 g/mol. The van der Waals surface area contributed by atoms with E-state index in [1.807, 2.05) is 37.3 Å². The van der Waals surface area contributed by atoms with Gasteiger partial charge in [-0.05, 0) is 19.1 Å². The smallest absolute Gasteiger partial charge is 0.125 e. The van der Waals surface area contributed by atoms with E-state index < -0.39 is 0 Å². The first-order chi connectivity index (χ1) is 8.65. The van der Waals surface area contributed by atoms with E-state index in [0.29, 0.717) is 5.75 Å². The number of nitrogens with zero attached hydrogens (tertiary/aromatic N) is 3. The predicted octanol–water partition coefficient (Wildman–Crippen LogP) is 1.57. The summed E-state index contributed by atoms with van der Waals surface area (Å²) in [6.45, 7) is 2.12. The second kappa shape index (κ2) is 6.48. The fourth-order valence-electron chi connectivity index (χ4n) is 1.84. The van der Waals surface area contributed by atoms with Crippen molar-refractivity contribution >= 4 is 5.69 Å². The van der Waals surface area contributed by atoms with E-state index in [0.717, 1.165) is 11.3 Å². The van der Waals surface area contributed by atoms with Gasteiger partial charge in [0.2, 0.25) is 0 Å². The van der Waals surface area contributed by atoms with Gasteiger partial charge in [0.05, 0.1) is 19.2 Å². The summed E-state index contributed by atoms with van der Waals surface area (Å²) in [5.41, 5.74) is 7.53. The minimum Gasteiger partial charge on any atom is -0.496 e. The molecule has 0 aliphatic rings. The van der Waals surface area contributed by atoms with E-state index in [4.69, 9.17) is 21.0 Å². The maximum atomic E-state index is 8.82. The van der Waals surface area contributed by atoms with Crippen LogP contribution >= 0.6 is 0 Å². The Labute approximate surface area is 107 Å². The monoisotopic (exact) mass is 244 g/mol. The predicted molar refractivity (Wildman–Crippen MR) is 69.0 cm³/mol. The van der Waals surface area contributed by atoms with Crippen LogP contribution in [0, 0.1) is 22.7 Å². The van der Waals surface area contributed by atoms with Crippen molar-refractivity contribution in [1.82, 2.24) is 0 Å². The molecule has 2 N–H and O–H groups in total. The van der Waals surface area contributed by atoms with Crippen molar-refractivity contribution in [2.75, 3.05) is 25.1 Å². The van der Waals surface area contributed by atoms with E-state index in [1.54, 1.807) is 12.0 Å². The van der Waals surface area contributed by atoms with Gasteiger partial charge in [0, 0.05) is 17.3 Å². The first-order valence-electron chi connectivity index (χ1n) is 5.57. The Bertz CT molecular complexity index is 469. The lowest BCUT2D eigenvalue weighted by Gasteiger charge is -2.24. The van der Waals surface area contributed by atoms with Gasteiger partial charge in [-0.25, -0.2) is 0 Å². The molecule has 18 heavy (non-hydrogen) atoms. The Balaban J connectivity index is 3.29. The Hall–Kier alpha value is -2.24. The van der Waals surface area contributed by atoms with E-state index in [2.05, 4.69) is 0 Å². The fourth-order valence-corrected chi connectivity index (χ4v) is 1.84. The Morgan fingerprint density at radius 3 is 2.39 bits per heavy atom. The number of rotatable bonds is 5. The van der Waals surface area contributed by atoms with Crippen molar-refractivity contribution in [2.24, 2.45) is 5.73 Å². The molecule has 0 unspecified atom stereocenters. The van der Waals surface area contributed by atoms with Crippen LogP contribution < -0.4 is 15.4 Å². The number of ether oxygens (including phenoxy) is 1. The zero-order valence-electron chi connectivity index (χ0n) is 10.6. The summed E-state index contributed by atoms with van der Waals surface area (Å²) in [5.74, 6) is 0.670. The lowest BCUT2D eigenvalue weighted by molar-refractivity contribution is 0.407. The van der Waals surface area contributed by atoms with Crippen LogP contribution in [0.4, 0.5) is 5.69 Å². The maximum Gasteiger partial charge on any atom is 0.125 e. The van der Waals surface area contributed by atoms with E-state index in [-0.39, 0.29) is 19.1 Å². The summed E-state index contributed by atoms with van der Waals surface area (Å²) < 4.78 is 5.28. The number of nitrogens with two attached hydrogens (primary N) is 1. The first-order valence-corrected chi connectivity index (χ1v) is 5.57. The summed E-state index contributed by atoms with van der Waals surface area (Å²) >= 11 is 0. The molecule has 0 aliphatic heterocycles. The quantitative estimate of drug-likeness (QED) is 0.794. The Morgan fingerprint density at radius 1 is 1.33 bits per heavy atom. The highest BCUT2D eigenvalue weighted by Gasteiger charge is 2.17. The number of anilines is 1. The van der Waals surface area contributed by atoms with E-state index in [1.165, 1.54) is 0 Å². The van der Waals surface area contributed by atoms with Gasteiger partial charge in [0.15, 0.2) is 0 Å². The largest absolute Gasteiger partial charge is 0.496 e. The third-order valence-corrected chi connectivity index (χ3v) is 2.58. The molecule has 0 radical (unpaired) electrons. The molecule has 1 rings (SSSR count). The molecule has 0 amide bonds. The van der Waals surface area contributed by atoms with Gasteiger partial charge in [0.1, 0.15) is 18.8 Å². The van der Waals surface area contributed by atoms with Crippen LogP contribution in [0.5, 0.6) is 5.75 Å². The number of hydrogen-bond donors (Lipinski definition) is 1. The van der Waals surface area contributed by atoms with Crippen molar-refractivity contribution in [1.29, 1.82) is 10.5 Å². The number of hydrogen-bond acceptors (Lipinski definition) is 5. The van der Waals surface area contributed by atoms with Crippen molar-refractivity contribution in [3.8, 4) is 17.9 Å². The number of nitriles is 2.